The molecule has 2 rings (SSSR count). The smallest absolute Gasteiger partial charge is 0.265 e. The molecule has 0 aromatic heterocycles. The predicted octanol–water partition coefficient (Wildman–Crippen LogP) is 2.10. The first-order chi connectivity index (χ1) is 9.54. The van der Waals surface area contributed by atoms with Crippen LogP contribution in [0.1, 0.15) is 5.56 Å². The normalized spacial score (nSPS) is 17.4. The molecule has 0 saturated carbocycles. The van der Waals surface area contributed by atoms with Gasteiger partial charge in [-0.15, -0.1) is 6.58 Å². The molecule has 1 saturated heterocycles. The first-order valence-electron chi connectivity index (χ1n) is 5.79. The van der Waals surface area contributed by atoms with Crippen molar-refractivity contribution in [2.24, 2.45) is 0 Å². The maximum Gasteiger partial charge on any atom is 0.265 e. The molecule has 1 N–H and O–H groups in total. The third kappa shape index (κ3) is 2.96. The highest BCUT2D eigenvalue weighted by atomic mass is 127. The van der Waals surface area contributed by atoms with E-state index in [-0.39, 0.29) is 17.2 Å². The van der Waals surface area contributed by atoms with E-state index in [1.54, 1.807) is 12.2 Å². The molecule has 1 heterocycles. The second-order valence-electron chi connectivity index (χ2n) is 4.04. The summed E-state index contributed by atoms with van der Waals surface area (Å²) in [6.07, 6.45) is 3.14. The topological polar surface area (TPSA) is 49.4 Å². The Kier molecular flexibility index (Phi) is 4.66. The summed E-state index contributed by atoms with van der Waals surface area (Å²) in [6, 6.07) is 7.50. The van der Waals surface area contributed by atoms with Gasteiger partial charge in [-0.05, 0) is 52.5 Å². The fourth-order valence-electron chi connectivity index (χ4n) is 1.74. The van der Waals surface area contributed by atoms with Crippen LogP contribution in [0.25, 0.3) is 6.08 Å². The van der Waals surface area contributed by atoms with Crippen LogP contribution in [0.15, 0.2) is 42.5 Å². The zero-order chi connectivity index (χ0) is 14.7. The van der Waals surface area contributed by atoms with Crippen LogP contribution < -0.4 is 5.32 Å². The highest BCUT2D eigenvalue weighted by molar-refractivity contribution is 14.1. The van der Waals surface area contributed by atoms with E-state index < -0.39 is 11.8 Å². The van der Waals surface area contributed by atoms with Crippen molar-refractivity contribution in [1.29, 1.82) is 0 Å². The summed E-state index contributed by atoms with van der Waals surface area (Å²) in [5.41, 5.74) is 0.891. The molecular weight excluding hydrogens is 387 g/mol. The van der Waals surface area contributed by atoms with Gasteiger partial charge in [0.2, 0.25) is 0 Å². The predicted molar refractivity (Wildman–Crippen MR) is 89.8 cm³/mol. The molecule has 0 atom stereocenters. The molecule has 0 aliphatic carbocycles. The van der Waals surface area contributed by atoms with Gasteiger partial charge in [0.1, 0.15) is 5.57 Å². The largest absolute Gasteiger partial charge is 0.298 e. The van der Waals surface area contributed by atoms with E-state index in [0.29, 0.717) is 0 Å². The Morgan fingerprint density at radius 2 is 2.05 bits per heavy atom. The molecule has 6 heteroatoms. The van der Waals surface area contributed by atoms with Crippen molar-refractivity contribution in [3.63, 3.8) is 0 Å². The van der Waals surface area contributed by atoms with E-state index in [4.69, 9.17) is 12.2 Å². The minimum Gasteiger partial charge on any atom is -0.298 e. The number of amides is 2. The average molecular weight is 398 g/mol. The summed E-state index contributed by atoms with van der Waals surface area (Å²) in [6.45, 7) is 3.84. The number of halogens is 1. The fraction of sp³-hybridized carbons (Fsp3) is 0.0714. The molecule has 4 nitrogen and oxygen atoms in total. The number of nitrogens with zero attached hydrogens (tertiary/aromatic N) is 1. The Labute approximate surface area is 135 Å². The zero-order valence-corrected chi connectivity index (χ0v) is 13.4. The van der Waals surface area contributed by atoms with Gasteiger partial charge in [0.25, 0.3) is 11.8 Å². The number of hydrogen-bond acceptors (Lipinski definition) is 3. The Balaban J connectivity index is 2.42. The lowest BCUT2D eigenvalue weighted by atomic mass is 10.1. The summed E-state index contributed by atoms with van der Waals surface area (Å²) in [5, 5.41) is 2.62. The minimum atomic E-state index is -0.472. The fourth-order valence-corrected chi connectivity index (χ4v) is 2.53. The minimum absolute atomic E-state index is 0.0737. The van der Waals surface area contributed by atoms with Crippen LogP contribution in [0.2, 0.25) is 0 Å². The number of rotatable bonds is 3. The van der Waals surface area contributed by atoms with Crippen molar-refractivity contribution in [2.45, 2.75) is 0 Å². The van der Waals surface area contributed by atoms with E-state index in [2.05, 4.69) is 34.5 Å². The molecule has 102 valence electrons. The molecular formula is C14H11IN2O2S. The van der Waals surface area contributed by atoms with Gasteiger partial charge in [-0.3, -0.25) is 19.8 Å². The third-order valence-corrected chi connectivity index (χ3v) is 4.01. The van der Waals surface area contributed by atoms with E-state index in [0.717, 1.165) is 9.13 Å². The maximum absolute atomic E-state index is 12.3. The van der Waals surface area contributed by atoms with E-state index in [9.17, 15) is 9.59 Å². The van der Waals surface area contributed by atoms with E-state index >= 15 is 0 Å². The molecule has 1 aromatic rings. The Hall–Kier alpha value is -1.54. The highest BCUT2D eigenvalue weighted by Crippen LogP contribution is 2.18. The van der Waals surface area contributed by atoms with Crippen LogP contribution in [0, 0.1) is 3.57 Å². The summed E-state index contributed by atoms with van der Waals surface area (Å²) in [5.74, 6) is -0.877. The summed E-state index contributed by atoms with van der Waals surface area (Å²) in [7, 11) is 0. The molecule has 1 fully saturated rings. The van der Waals surface area contributed by atoms with Crippen LogP contribution in [0.5, 0.6) is 0 Å². The van der Waals surface area contributed by atoms with Gasteiger partial charge in [-0.2, -0.15) is 0 Å². The van der Waals surface area contributed by atoms with E-state index in [1.165, 1.54) is 4.90 Å². The second-order valence-corrected chi connectivity index (χ2v) is 5.59. The summed E-state index contributed by atoms with van der Waals surface area (Å²) >= 11 is 7.14. The summed E-state index contributed by atoms with van der Waals surface area (Å²) < 4.78 is 0.960. The molecule has 20 heavy (non-hydrogen) atoms. The molecule has 1 aliphatic heterocycles. The first-order valence-corrected chi connectivity index (χ1v) is 7.27. The zero-order valence-electron chi connectivity index (χ0n) is 10.4. The Bertz CT molecular complexity index is 640. The number of thiocarbonyl (C=S) groups is 1. The lowest BCUT2D eigenvalue weighted by Gasteiger charge is -2.27. The average Bonchev–Trinajstić information content (AvgIpc) is 2.41. The van der Waals surface area contributed by atoms with Crippen molar-refractivity contribution in [3.8, 4) is 0 Å². The van der Waals surface area contributed by atoms with Crippen LogP contribution in [0.3, 0.4) is 0 Å². The van der Waals surface area contributed by atoms with Gasteiger partial charge >= 0.3 is 0 Å². The number of hydrogen-bond donors (Lipinski definition) is 1. The lowest BCUT2D eigenvalue weighted by Crippen LogP contribution is -2.53. The number of nitrogens with one attached hydrogen (secondary N) is 1. The van der Waals surface area contributed by atoms with Crippen molar-refractivity contribution >= 4 is 57.8 Å². The molecule has 0 unspecified atom stereocenters. The molecule has 0 radical (unpaired) electrons. The quantitative estimate of drug-likeness (QED) is 0.279. The van der Waals surface area contributed by atoms with Gasteiger partial charge in [-0.25, -0.2) is 0 Å². The number of benzene rings is 1. The van der Waals surface area contributed by atoms with Crippen molar-refractivity contribution in [2.75, 3.05) is 6.54 Å². The van der Waals surface area contributed by atoms with Gasteiger partial charge in [-0.1, -0.05) is 24.3 Å². The van der Waals surface area contributed by atoms with E-state index in [1.807, 2.05) is 24.3 Å². The standard InChI is InChI=1S/C14H11IN2O2S/c1-2-7-17-13(19)10(12(18)16-14(17)20)8-9-5-3-4-6-11(9)15/h2-6,8H,1,7H2,(H,16,18,20)/b10-8+. The van der Waals surface area contributed by atoms with Crippen molar-refractivity contribution < 1.29 is 9.59 Å². The molecule has 0 bridgehead atoms. The third-order valence-electron chi connectivity index (χ3n) is 2.70. The van der Waals surface area contributed by atoms with Crippen LogP contribution >= 0.6 is 34.8 Å². The highest BCUT2D eigenvalue weighted by Gasteiger charge is 2.32. The van der Waals surface area contributed by atoms with Crippen LogP contribution in [-0.4, -0.2) is 28.4 Å². The number of carbonyl (C=O) groups is 2. The van der Waals surface area contributed by atoms with Crippen molar-refractivity contribution in [1.82, 2.24) is 10.2 Å². The van der Waals surface area contributed by atoms with Gasteiger partial charge in [0, 0.05) is 10.1 Å². The van der Waals surface area contributed by atoms with Crippen LogP contribution in [-0.2, 0) is 9.59 Å². The lowest BCUT2D eigenvalue weighted by molar-refractivity contribution is -0.128. The first kappa shape index (κ1) is 14.9. The molecule has 0 spiro atoms. The van der Waals surface area contributed by atoms with Gasteiger partial charge < -0.3 is 0 Å². The number of carbonyl (C=O) groups excluding carboxylic acids is 2. The van der Waals surface area contributed by atoms with Gasteiger partial charge in [0.05, 0.1) is 0 Å². The molecule has 1 aromatic carbocycles. The van der Waals surface area contributed by atoms with Gasteiger partial charge in [0.15, 0.2) is 5.11 Å². The Morgan fingerprint density at radius 3 is 2.70 bits per heavy atom. The monoisotopic (exact) mass is 398 g/mol. The summed E-state index contributed by atoms with van der Waals surface area (Å²) in [4.78, 5) is 25.6. The SMILES string of the molecule is C=CCN1C(=O)/C(=C/c2ccccc2I)C(=O)NC1=S. The van der Waals surface area contributed by atoms with Crippen LogP contribution in [0.4, 0.5) is 0 Å². The Morgan fingerprint density at radius 1 is 1.35 bits per heavy atom. The second kappa shape index (κ2) is 6.27. The molecule has 1 aliphatic rings. The van der Waals surface area contributed by atoms with Crippen molar-refractivity contribution in [3.05, 3.63) is 51.6 Å². The molecule has 2 amide bonds. The maximum atomic E-state index is 12.3.